The molecule has 3 aliphatic rings. The van der Waals surface area contributed by atoms with Crippen molar-refractivity contribution in [3.8, 4) is 0 Å². The Morgan fingerprint density at radius 2 is 2.22 bits per heavy atom. The Hall–Kier alpha value is -2.07. The summed E-state index contributed by atoms with van der Waals surface area (Å²) >= 11 is 0. The summed E-state index contributed by atoms with van der Waals surface area (Å²) in [6, 6.07) is 4.09. The second-order valence-electron chi connectivity index (χ2n) is 4.65. The van der Waals surface area contributed by atoms with Gasteiger partial charge in [-0.25, -0.2) is 9.98 Å². The molecule has 1 aromatic carbocycles. The smallest absolute Gasteiger partial charge is 0.279 e. The first-order chi connectivity index (χ1) is 8.84. The summed E-state index contributed by atoms with van der Waals surface area (Å²) in [5.41, 5.74) is 3.99. The quantitative estimate of drug-likeness (QED) is 0.668. The van der Waals surface area contributed by atoms with Crippen molar-refractivity contribution in [2.24, 2.45) is 9.98 Å². The Bertz CT molecular complexity index is 756. The second kappa shape index (κ2) is 3.46. The van der Waals surface area contributed by atoms with Gasteiger partial charge in [-0.05, 0) is 30.2 Å². The van der Waals surface area contributed by atoms with Crippen LogP contribution in [-0.4, -0.2) is 18.7 Å². The third-order valence-corrected chi connectivity index (χ3v) is 3.64. The molecule has 18 heavy (non-hydrogen) atoms. The molecule has 3 heterocycles. The maximum Gasteiger partial charge on any atom is 0.279 e. The van der Waals surface area contributed by atoms with Gasteiger partial charge >= 0.3 is 0 Å². The predicted molar refractivity (Wildman–Crippen MR) is 67.6 cm³/mol. The molecule has 0 aliphatic carbocycles. The number of nitrogens with zero attached hydrogens (tertiary/aromatic N) is 2. The van der Waals surface area contributed by atoms with Gasteiger partial charge in [0.25, 0.3) is 5.91 Å². The minimum atomic E-state index is -0.177. The molecule has 0 saturated heterocycles. The number of hydrogen-bond donors (Lipinski definition) is 1. The molecule has 0 saturated carbocycles. The molecule has 0 atom stereocenters. The summed E-state index contributed by atoms with van der Waals surface area (Å²) in [4.78, 5) is 20.3. The van der Waals surface area contributed by atoms with Gasteiger partial charge in [-0.3, -0.25) is 4.79 Å². The largest absolute Gasteiger partial charge is 0.312 e. The number of nitrogens with one attached hydrogen (secondary N) is 1. The maximum absolute atomic E-state index is 11.9. The number of benzene rings is 1. The number of rotatable bonds is 0. The fourth-order valence-electron chi connectivity index (χ4n) is 2.79. The highest BCUT2D eigenvalue weighted by Crippen LogP contribution is 2.19. The molecule has 1 N–H and O–H groups in total. The maximum atomic E-state index is 11.9. The lowest BCUT2D eigenvalue weighted by molar-refractivity contribution is -0.112. The van der Waals surface area contributed by atoms with Crippen molar-refractivity contribution in [1.29, 1.82) is 0 Å². The van der Waals surface area contributed by atoms with E-state index in [0.29, 0.717) is 5.57 Å². The average molecular weight is 237 g/mol. The summed E-state index contributed by atoms with van der Waals surface area (Å²) < 4.78 is 0. The summed E-state index contributed by atoms with van der Waals surface area (Å²) in [5.74, 6) is -0.177. The molecule has 0 unspecified atom stereocenters. The van der Waals surface area contributed by atoms with Gasteiger partial charge in [-0.2, -0.15) is 0 Å². The Morgan fingerprint density at radius 1 is 1.28 bits per heavy atom. The van der Waals surface area contributed by atoms with E-state index >= 15 is 0 Å². The molecular weight excluding hydrogens is 226 g/mol. The lowest BCUT2D eigenvalue weighted by Crippen LogP contribution is -2.35. The first-order valence-electron chi connectivity index (χ1n) is 6.08. The summed E-state index contributed by atoms with van der Waals surface area (Å²) in [6.07, 6.45) is 4.31. The van der Waals surface area contributed by atoms with Crippen LogP contribution in [0.4, 0.5) is 0 Å². The van der Waals surface area contributed by atoms with E-state index in [2.05, 4.69) is 21.4 Å². The van der Waals surface area contributed by atoms with Gasteiger partial charge in [0.05, 0.1) is 16.6 Å². The van der Waals surface area contributed by atoms with E-state index in [1.54, 1.807) is 0 Å². The number of carbonyl (C=O) groups is 1. The zero-order chi connectivity index (χ0) is 12.1. The molecule has 0 aromatic heterocycles. The fraction of sp³-hybridized carbons (Fsp3) is 0.214. The highest BCUT2D eigenvalue weighted by Gasteiger charge is 2.24. The molecule has 0 radical (unpaired) electrons. The number of carbonyl (C=O) groups excluding carboxylic acids is 1. The normalized spacial score (nSPS) is 19.9. The summed E-state index contributed by atoms with van der Waals surface area (Å²) in [5, 5.41) is 5.28. The molecule has 4 nitrogen and oxygen atoms in total. The van der Waals surface area contributed by atoms with Gasteiger partial charge in [-0.1, -0.05) is 12.1 Å². The molecule has 0 bridgehead atoms. The summed E-state index contributed by atoms with van der Waals surface area (Å²) in [7, 11) is 0. The SMILES string of the molecule is O=C1N=CC=C2N=c3c4c(ccc3=C12)CNCC4. The van der Waals surface area contributed by atoms with E-state index in [1.165, 1.54) is 17.3 Å². The topological polar surface area (TPSA) is 53.8 Å². The van der Waals surface area contributed by atoms with Crippen LogP contribution >= 0.6 is 0 Å². The van der Waals surface area contributed by atoms with Crippen molar-refractivity contribution >= 4 is 17.7 Å². The van der Waals surface area contributed by atoms with E-state index in [-0.39, 0.29) is 5.91 Å². The van der Waals surface area contributed by atoms with Crippen LogP contribution in [-0.2, 0) is 17.8 Å². The number of amides is 1. The number of dihydropyridines is 1. The molecule has 4 heteroatoms. The third kappa shape index (κ3) is 1.21. The molecule has 1 aromatic rings. The van der Waals surface area contributed by atoms with Gasteiger partial charge in [0.1, 0.15) is 0 Å². The standard InChI is InChI=1S/C14H11N3O/c18-14-12-10-2-1-8-7-15-5-3-9(8)13(10)17-11(12)4-6-16-14/h1-2,4,6,15H,3,5,7H2. The van der Waals surface area contributed by atoms with Crippen molar-refractivity contribution in [2.75, 3.05) is 6.54 Å². The van der Waals surface area contributed by atoms with Gasteiger partial charge in [-0.15, -0.1) is 0 Å². The van der Waals surface area contributed by atoms with Crippen LogP contribution in [0, 0.1) is 0 Å². The van der Waals surface area contributed by atoms with Gasteiger partial charge in [0, 0.05) is 18.0 Å². The van der Waals surface area contributed by atoms with Crippen molar-refractivity contribution in [2.45, 2.75) is 13.0 Å². The number of hydrogen-bond acceptors (Lipinski definition) is 3. The minimum absolute atomic E-state index is 0.177. The van der Waals surface area contributed by atoms with Crippen LogP contribution in [0.5, 0.6) is 0 Å². The van der Waals surface area contributed by atoms with Gasteiger partial charge in [0.2, 0.25) is 0 Å². The van der Waals surface area contributed by atoms with E-state index in [1.807, 2.05) is 12.1 Å². The van der Waals surface area contributed by atoms with Crippen LogP contribution < -0.4 is 15.9 Å². The Labute approximate surface area is 103 Å². The zero-order valence-electron chi connectivity index (χ0n) is 9.73. The highest BCUT2D eigenvalue weighted by atomic mass is 16.1. The molecule has 4 rings (SSSR count). The van der Waals surface area contributed by atoms with Crippen LogP contribution in [0.25, 0.3) is 5.57 Å². The molecule has 0 fully saturated rings. The third-order valence-electron chi connectivity index (χ3n) is 3.64. The zero-order valence-corrected chi connectivity index (χ0v) is 9.73. The fourth-order valence-corrected chi connectivity index (χ4v) is 2.79. The van der Waals surface area contributed by atoms with Crippen LogP contribution in [0.1, 0.15) is 11.1 Å². The average Bonchev–Trinajstić information content (AvgIpc) is 2.79. The Morgan fingerprint density at radius 3 is 3.17 bits per heavy atom. The lowest BCUT2D eigenvalue weighted by Gasteiger charge is -2.16. The number of allylic oxidation sites excluding steroid dienone is 1. The predicted octanol–water partition coefficient (Wildman–Crippen LogP) is -0.389. The lowest BCUT2D eigenvalue weighted by atomic mass is 9.98. The Balaban J connectivity index is 2.12. The number of aliphatic imine (C=N–C) groups is 1. The van der Waals surface area contributed by atoms with E-state index in [0.717, 1.165) is 35.8 Å². The highest BCUT2D eigenvalue weighted by molar-refractivity contribution is 6.24. The van der Waals surface area contributed by atoms with Gasteiger partial charge in [0.15, 0.2) is 0 Å². The van der Waals surface area contributed by atoms with Crippen molar-refractivity contribution in [1.82, 2.24) is 5.32 Å². The molecular formula is C14H11N3O. The number of fused-ring (bicyclic) bond motifs is 4. The first-order valence-corrected chi connectivity index (χ1v) is 6.08. The first kappa shape index (κ1) is 9.91. The second-order valence-corrected chi connectivity index (χ2v) is 4.65. The minimum Gasteiger partial charge on any atom is -0.312 e. The molecule has 0 spiro atoms. The Kier molecular flexibility index (Phi) is 1.91. The van der Waals surface area contributed by atoms with E-state index < -0.39 is 0 Å². The van der Waals surface area contributed by atoms with Crippen molar-refractivity contribution in [3.63, 3.8) is 0 Å². The molecule has 88 valence electrons. The molecule has 3 aliphatic heterocycles. The van der Waals surface area contributed by atoms with E-state index in [4.69, 9.17) is 0 Å². The van der Waals surface area contributed by atoms with Gasteiger partial charge < -0.3 is 5.32 Å². The molecule has 1 amide bonds. The van der Waals surface area contributed by atoms with Crippen molar-refractivity contribution in [3.05, 3.63) is 45.6 Å². The van der Waals surface area contributed by atoms with E-state index in [9.17, 15) is 4.79 Å². The van der Waals surface area contributed by atoms with Crippen LogP contribution in [0.3, 0.4) is 0 Å². The summed E-state index contributed by atoms with van der Waals surface area (Å²) in [6.45, 7) is 1.86. The monoisotopic (exact) mass is 237 g/mol. The van der Waals surface area contributed by atoms with Crippen LogP contribution in [0.2, 0.25) is 0 Å². The van der Waals surface area contributed by atoms with Crippen LogP contribution in [0.15, 0.2) is 33.9 Å². The van der Waals surface area contributed by atoms with Crippen molar-refractivity contribution < 1.29 is 4.79 Å².